The largest absolute Gasteiger partial charge is 0.390 e. The van der Waals surface area contributed by atoms with E-state index in [2.05, 4.69) is 11.8 Å². The molecule has 0 saturated carbocycles. The first-order valence-electron chi connectivity index (χ1n) is 6.80. The highest BCUT2D eigenvalue weighted by atomic mass is 16.3. The number of amides is 2. The fourth-order valence-corrected chi connectivity index (χ4v) is 2.64. The minimum absolute atomic E-state index is 0.147. The van der Waals surface area contributed by atoms with Gasteiger partial charge in [0.1, 0.15) is 0 Å². The molecule has 102 valence electrons. The van der Waals surface area contributed by atoms with Gasteiger partial charge in [-0.2, -0.15) is 0 Å². The van der Waals surface area contributed by atoms with Crippen molar-refractivity contribution in [3.05, 3.63) is 0 Å². The van der Waals surface area contributed by atoms with Gasteiger partial charge in [0.15, 0.2) is 0 Å². The summed E-state index contributed by atoms with van der Waals surface area (Å²) in [5, 5.41) is 9.98. The van der Waals surface area contributed by atoms with Crippen LogP contribution in [0.2, 0.25) is 0 Å². The lowest BCUT2D eigenvalue weighted by molar-refractivity contribution is -0.140. The van der Waals surface area contributed by atoms with Crippen molar-refractivity contribution < 1.29 is 14.7 Å². The normalized spacial score (nSPS) is 24.9. The number of piperidine rings is 1. The van der Waals surface area contributed by atoms with Gasteiger partial charge in [0, 0.05) is 19.4 Å². The lowest BCUT2D eigenvalue weighted by atomic mass is 9.99. The Bertz CT molecular complexity index is 308. The zero-order valence-corrected chi connectivity index (χ0v) is 11.0. The number of carbonyl (C=O) groups is 2. The minimum atomic E-state index is -0.621. The number of rotatable bonds is 4. The van der Waals surface area contributed by atoms with Crippen LogP contribution >= 0.6 is 0 Å². The lowest BCUT2D eigenvalue weighted by Crippen LogP contribution is -2.44. The summed E-state index contributed by atoms with van der Waals surface area (Å²) in [6.07, 6.45) is 2.30. The van der Waals surface area contributed by atoms with Gasteiger partial charge in [0.25, 0.3) is 0 Å². The summed E-state index contributed by atoms with van der Waals surface area (Å²) in [6.45, 7) is 4.96. The van der Waals surface area contributed by atoms with E-state index in [0.717, 1.165) is 31.8 Å². The highest BCUT2D eigenvalue weighted by Crippen LogP contribution is 2.17. The van der Waals surface area contributed by atoms with Gasteiger partial charge in [0.05, 0.1) is 12.6 Å². The van der Waals surface area contributed by atoms with Crippen LogP contribution in [-0.2, 0) is 9.59 Å². The van der Waals surface area contributed by atoms with Crippen LogP contribution in [0.5, 0.6) is 0 Å². The number of hydrogen-bond donors (Lipinski definition) is 1. The molecule has 2 aliphatic heterocycles. The topological polar surface area (TPSA) is 60.9 Å². The molecule has 5 heteroatoms. The Morgan fingerprint density at radius 3 is 2.28 bits per heavy atom. The van der Waals surface area contributed by atoms with Crippen LogP contribution < -0.4 is 0 Å². The van der Waals surface area contributed by atoms with Crippen molar-refractivity contribution in [3.63, 3.8) is 0 Å². The molecular formula is C13H22N2O3. The van der Waals surface area contributed by atoms with Crippen molar-refractivity contribution in [3.8, 4) is 0 Å². The number of carbonyl (C=O) groups excluding carboxylic acids is 2. The van der Waals surface area contributed by atoms with Gasteiger partial charge < -0.3 is 10.0 Å². The SMILES string of the molecule is CC1CCN(C[C@@H](O)CN2C(=O)CCC2=O)CC1. The van der Waals surface area contributed by atoms with Crippen molar-refractivity contribution in [2.75, 3.05) is 26.2 Å². The molecule has 0 aliphatic carbocycles. The third-order valence-corrected chi connectivity index (χ3v) is 3.89. The number of aliphatic hydroxyl groups is 1. The maximum Gasteiger partial charge on any atom is 0.229 e. The molecule has 2 heterocycles. The second-order valence-corrected chi connectivity index (χ2v) is 5.54. The number of nitrogens with zero attached hydrogens (tertiary/aromatic N) is 2. The smallest absolute Gasteiger partial charge is 0.229 e. The van der Waals surface area contributed by atoms with E-state index < -0.39 is 6.10 Å². The molecule has 5 nitrogen and oxygen atoms in total. The Morgan fingerprint density at radius 1 is 1.17 bits per heavy atom. The van der Waals surface area contributed by atoms with Crippen molar-refractivity contribution in [2.24, 2.45) is 5.92 Å². The zero-order valence-electron chi connectivity index (χ0n) is 11.0. The van der Waals surface area contributed by atoms with Crippen LogP contribution in [0.25, 0.3) is 0 Å². The van der Waals surface area contributed by atoms with Crippen LogP contribution in [0, 0.1) is 5.92 Å². The van der Waals surface area contributed by atoms with Crippen LogP contribution in [0.3, 0.4) is 0 Å². The molecule has 0 spiro atoms. The van der Waals surface area contributed by atoms with Crippen molar-refractivity contribution in [2.45, 2.75) is 38.7 Å². The predicted molar refractivity (Wildman–Crippen MR) is 66.8 cm³/mol. The fourth-order valence-electron chi connectivity index (χ4n) is 2.64. The highest BCUT2D eigenvalue weighted by Gasteiger charge is 2.31. The first-order valence-corrected chi connectivity index (χ1v) is 6.80. The molecule has 2 amide bonds. The molecule has 1 N–H and O–H groups in total. The summed E-state index contributed by atoms with van der Waals surface area (Å²) in [4.78, 5) is 26.3. The predicted octanol–water partition coefficient (Wildman–Crippen LogP) is 0.228. The molecule has 0 aromatic carbocycles. The molecule has 1 atom stereocenters. The molecule has 2 aliphatic rings. The summed E-state index contributed by atoms with van der Waals surface area (Å²) in [5.74, 6) is 0.470. The maximum atomic E-state index is 11.4. The van der Waals surface area contributed by atoms with Gasteiger partial charge in [-0.15, -0.1) is 0 Å². The third-order valence-electron chi connectivity index (χ3n) is 3.89. The van der Waals surface area contributed by atoms with Crippen LogP contribution in [0.1, 0.15) is 32.6 Å². The number of β-amino-alcohol motifs (C(OH)–C–C–N with tert-alkyl or cyclic N) is 1. The number of imide groups is 1. The van der Waals surface area contributed by atoms with E-state index in [1.54, 1.807) is 0 Å². The zero-order chi connectivity index (χ0) is 13.1. The number of aliphatic hydroxyl groups excluding tert-OH is 1. The van der Waals surface area contributed by atoms with E-state index >= 15 is 0 Å². The average Bonchev–Trinajstić information content (AvgIpc) is 2.64. The minimum Gasteiger partial charge on any atom is -0.390 e. The second kappa shape index (κ2) is 5.80. The Hall–Kier alpha value is -0.940. The van der Waals surface area contributed by atoms with Crippen LogP contribution in [0.15, 0.2) is 0 Å². The summed E-state index contributed by atoms with van der Waals surface area (Å²) in [7, 11) is 0. The van der Waals surface area contributed by atoms with Crippen molar-refractivity contribution >= 4 is 11.8 Å². The van der Waals surface area contributed by atoms with E-state index in [-0.39, 0.29) is 18.4 Å². The van der Waals surface area contributed by atoms with Crippen LogP contribution in [-0.4, -0.2) is 59.0 Å². The average molecular weight is 254 g/mol. The summed E-state index contributed by atoms with van der Waals surface area (Å²) in [6, 6.07) is 0. The number of hydrogen-bond acceptors (Lipinski definition) is 4. The molecular weight excluding hydrogens is 232 g/mol. The maximum absolute atomic E-state index is 11.4. The first-order chi connectivity index (χ1) is 8.56. The van der Waals surface area contributed by atoms with E-state index in [4.69, 9.17) is 0 Å². The van der Waals surface area contributed by atoms with Gasteiger partial charge >= 0.3 is 0 Å². The molecule has 0 bridgehead atoms. The van der Waals surface area contributed by atoms with Crippen molar-refractivity contribution in [1.82, 2.24) is 9.80 Å². The molecule has 2 rings (SSSR count). The van der Waals surface area contributed by atoms with E-state index in [1.165, 1.54) is 4.90 Å². The summed E-state index contributed by atoms with van der Waals surface area (Å²) < 4.78 is 0. The van der Waals surface area contributed by atoms with E-state index in [0.29, 0.717) is 19.4 Å². The molecule has 2 fully saturated rings. The molecule has 0 aromatic heterocycles. The van der Waals surface area contributed by atoms with E-state index in [1.807, 2.05) is 0 Å². The first kappa shape index (κ1) is 13.5. The molecule has 0 unspecified atom stereocenters. The van der Waals surface area contributed by atoms with Crippen LogP contribution in [0.4, 0.5) is 0 Å². The van der Waals surface area contributed by atoms with Gasteiger partial charge in [-0.3, -0.25) is 14.5 Å². The molecule has 2 saturated heterocycles. The standard InChI is InChI=1S/C13H22N2O3/c1-10-4-6-14(7-5-10)8-11(16)9-15-12(17)2-3-13(15)18/h10-11,16H,2-9H2,1H3/t11-/m1/s1. The Morgan fingerprint density at radius 2 is 1.72 bits per heavy atom. The van der Waals surface area contributed by atoms with Gasteiger partial charge in [0.2, 0.25) is 11.8 Å². The highest BCUT2D eigenvalue weighted by molar-refractivity contribution is 6.01. The second-order valence-electron chi connectivity index (χ2n) is 5.54. The van der Waals surface area contributed by atoms with E-state index in [9.17, 15) is 14.7 Å². The Balaban J connectivity index is 1.76. The third kappa shape index (κ3) is 3.29. The van der Waals surface area contributed by atoms with Gasteiger partial charge in [-0.1, -0.05) is 6.92 Å². The fraction of sp³-hybridized carbons (Fsp3) is 0.846. The lowest BCUT2D eigenvalue weighted by Gasteiger charge is -2.32. The molecule has 0 aromatic rings. The summed E-state index contributed by atoms with van der Waals surface area (Å²) >= 11 is 0. The molecule has 18 heavy (non-hydrogen) atoms. The molecule has 0 radical (unpaired) electrons. The summed E-state index contributed by atoms with van der Waals surface area (Å²) in [5.41, 5.74) is 0. The number of likely N-dealkylation sites (tertiary alicyclic amines) is 2. The quantitative estimate of drug-likeness (QED) is 0.730. The van der Waals surface area contributed by atoms with Crippen molar-refractivity contribution in [1.29, 1.82) is 0 Å². The monoisotopic (exact) mass is 254 g/mol. The Kier molecular flexibility index (Phi) is 4.35. The van der Waals surface area contributed by atoms with Gasteiger partial charge in [-0.25, -0.2) is 0 Å². The Labute approximate surface area is 108 Å². The van der Waals surface area contributed by atoms with Gasteiger partial charge in [-0.05, 0) is 31.8 Å².